The Hall–Kier alpha value is -3.80. The predicted molar refractivity (Wildman–Crippen MR) is 121 cm³/mol. The molecule has 0 heterocycles. The van der Waals surface area contributed by atoms with Crippen LogP contribution in [0.2, 0.25) is 5.02 Å². The molecule has 0 aliphatic carbocycles. The van der Waals surface area contributed by atoms with Crippen LogP contribution in [0.25, 0.3) is 6.08 Å². The first-order chi connectivity index (χ1) is 15.3. The van der Waals surface area contributed by atoms with Crippen LogP contribution in [-0.4, -0.2) is 21.4 Å². The molecule has 0 radical (unpaired) electrons. The summed E-state index contributed by atoms with van der Waals surface area (Å²) < 4.78 is 35.5. The molecule has 0 aromatic heterocycles. The monoisotopic (exact) mass is 468 g/mol. The lowest BCUT2D eigenvalue weighted by Crippen LogP contribution is -2.14. The summed E-state index contributed by atoms with van der Waals surface area (Å²) in [5.41, 5.74) is 0.328. The van der Waals surface area contributed by atoms with Gasteiger partial charge in [-0.2, -0.15) is 13.7 Å². The summed E-state index contributed by atoms with van der Waals surface area (Å²) in [6.07, 6.45) is 1.21. The molecule has 0 atom stereocenters. The minimum absolute atomic E-state index is 0.0392. The van der Waals surface area contributed by atoms with E-state index in [4.69, 9.17) is 20.5 Å². The van der Waals surface area contributed by atoms with Crippen molar-refractivity contribution in [3.8, 4) is 17.6 Å². The van der Waals surface area contributed by atoms with Crippen molar-refractivity contribution >= 4 is 39.4 Å². The van der Waals surface area contributed by atoms with Gasteiger partial charge in [-0.3, -0.25) is 4.79 Å². The third-order valence-corrected chi connectivity index (χ3v) is 5.70. The molecular formula is C23H17ClN2O5S. The maximum atomic E-state index is 12.6. The van der Waals surface area contributed by atoms with Gasteiger partial charge in [-0.15, -0.1) is 0 Å². The Kier molecular flexibility index (Phi) is 7.15. The van der Waals surface area contributed by atoms with Crippen LogP contribution in [0.5, 0.6) is 11.5 Å². The molecule has 1 N–H and O–H groups in total. The highest BCUT2D eigenvalue weighted by molar-refractivity contribution is 7.87. The van der Waals surface area contributed by atoms with Crippen molar-refractivity contribution in [1.82, 2.24) is 0 Å². The van der Waals surface area contributed by atoms with Crippen molar-refractivity contribution in [3.63, 3.8) is 0 Å². The van der Waals surface area contributed by atoms with Crippen LogP contribution in [0.4, 0.5) is 5.69 Å². The molecule has 3 aromatic carbocycles. The molecule has 0 saturated carbocycles. The van der Waals surface area contributed by atoms with Gasteiger partial charge in [0.1, 0.15) is 28.0 Å². The molecule has 0 aliphatic rings. The highest BCUT2D eigenvalue weighted by atomic mass is 35.5. The van der Waals surface area contributed by atoms with Crippen molar-refractivity contribution in [2.45, 2.75) is 4.90 Å². The van der Waals surface area contributed by atoms with E-state index in [1.165, 1.54) is 43.5 Å². The number of nitriles is 1. The van der Waals surface area contributed by atoms with Gasteiger partial charge < -0.3 is 14.2 Å². The standard InChI is InChI=1S/C23H17ClN2O5S/c1-30-20-10-8-19(9-11-20)26-23(27)17(15-25)13-16-14-18(24)7-12-22(16)31-32(28,29)21-5-3-2-4-6-21/h2-14H,1H3,(H,26,27)/b17-13+. The van der Waals surface area contributed by atoms with Crippen LogP contribution in [0.3, 0.4) is 0 Å². The molecule has 0 spiro atoms. The first-order valence-electron chi connectivity index (χ1n) is 9.18. The molecule has 0 unspecified atom stereocenters. The number of benzene rings is 3. The van der Waals surface area contributed by atoms with Crippen LogP contribution in [-0.2, 0) is 14.9 Å². The largest absolute Gasteiger partial charge is 0.497 e. The first-order valence-corrected chi connectivity index (χ1v) is 11.0. The number of halogens is 1. The van der Waals surface area contributed by atoms with Gasteiger partial charge in [-0.05, 0) is 60.7 Å². The minimum Gasteiger partial charge on any atom is -0.497 e. The number of anilines is 1. The zero-order valence-electron chi connectivity index (χ0n) is 16.8. The predicted octanol–water partition coefficient (Wildman–Crippen LogP) is 4.66. The van der Waals surface area contributed by atoms with E-state index in [-0.39, 0.29) is 26.8 Å². The smallest absolute Gasteiger partial charge is 0.339 e. The zero-order chi connectivity index (χ0) is 23.1. The van der Waals surface area contributed by atoms with Gasteiger partial charge in [-0.25, -0.2) is 0 Å². The lowest BCUT2D eigenvalue weighted by atomic mass is 10.1. The van der Waals surface area contributed by atoms with Crippen molar-refractivity contribution in [2.75, 3.05) is 12.4 Å². The number of hydrogen-bond donors (Lipinski definition) is 1. The number of hydrogen-bond acceptors (Lipinski definition) is 6. The van der Waals surface area contributed by atoms with Gasteiger partial charge in [0, 0.05) is 16.3 Å². The summed E-state index contributed by atoms with van der Waals surface area (Å²) in [5.74, 6) is -0.155. The van der Waals surface area contributed by atoms with E-state index in [1.807, 2.05) is 6.07 Å². The second-order valence-electron chi connectivity index (χ2n) is 6.39. The Labute approximate surface area is 190 Å². The fraction of sp³-hybridized carbons (Fsp3) is 0.0435. The summed E-state index contributed by atoms with van der Waals surface area (Å²) in [6, 6.07) is 20.1. The molecule has 0 aliphatic heterocycles. The molecule has 0 saturated heterocycles. The first kappa shape index (κ1) is 22.9. The van der Waals surface area contributed by atoms with Crippen molar-refractivity contribution in [2.24, 2.45) is 0 Å². The number of nitrogens with zero attached hydrogens (tertiary/aromatic N) is 1. The number of carbonyl (C=O) groups excluding carboxylic acids is 1. The Morgan fingerprint density at radius 2 is 1.75 bits per heavy atom. The second kappa shape index (κ2) is 10.0. The average Bonchev–Trinajstić information content (AvgIpc) is 2.80. The van der Waals surface area contributed by atoms with Gasteiger partial charge in [-0.1, -0.05) is 29.8 Å². The third-order valence-electron chi connectivity index (χ3n) is 4.22. The van der Waals surface area contributed by atoms with Crippen LogP contribution in [0.15, 0.2) is 83.3 Å². The van der Waals surface area contributed by atoms with Gasteiger partial charge in [0.15, 0.2) is 0 Å². The van der Waals surface area contributed by atoms with Crippen LogP contribution < -0.4 is 14.2 Å². The Bertz CT molecular complexity index is 1300. The minimum atomic E-state index is -4.13. The lowest BCUT2D eigenvalue weighted by Gasteiger charge is -2.11. The van der Waals surface area contributed by atoms with Gasteiger partial charge in [0.2, 0.25) is 0 Å². The normalized spacial score (nSPS) is 11.3. The zero-order valence-corrected chi connectivity index (χ0v) is 18.4. The highest BCUT2D eigenvalue weighted by Crippen LogP contribution is 2.28. The van der Waals surface area contributed by atoms with Crippen LogP contribution in [0.1, 0.15) is 5.56 Å². The van der Waals surface area contributed by atoms with Gasteiger partial charge in [0.05, 0.1) is 7.11 Å². The molecule has 3 aromatic rings. The molecule has 1 amide bonds. The fourth-order valence-corrected chi connectivity index (χ4v) is 3.79. The quantitative estimate of drug-likeness (QED) is 0.307. The SMILES string of the molecule is COc1ccc(NC(=O)/C(C#N)=C/c2cc(Cl)ccc2OS(=O)(=O)c2ccccc2)cc1. The molecule has 32 heavy (non-hydrogen) atoms. The number of rotatable bonds is 7. The molecule has 162 valence electrons. The Morgan fingerprint density at radius 3 is 2.38 bits per heavy atom. The van der Waals surface area contributed by atoms with Crippen LogP contribution in [0, 0.1) is 11.3 Å². The maximum absolute atomic E-state index is 12.6. The molecule has 9 heteroatoms. The summed E-state index contributed by atoms with van der Waals surface area (Å²) in [4.78, 5) is 12.5. The number of ether oxygens (including phenoxy) is 1. The Morgan fingerprint density at radius 1 is 1.06 bits per heavy atom. The van der Waals surface area contributed by atoms with E-state index in [9.17, 15) is 18.5 Å². The molecule has 0 bridgehead atoms. The average molecular weight is 469 g/mol. The summed E-state index contributed by atoms with van der Waals surface area (Å²) >= 11 is 6.04. The molecule has 7 nitrogen and oxygen atoms in total. The second-order valence-corrected chi connectivity index (χ2v) is 8.37. The topological polar surface area (TPSA) is 105 Å². The Balaban J connectivity index is 1.91. The lowest BCUT2D eigenvalue weighted by molar-refractivity contribution is -0.112. The van der Waals surface area contributed by atoms with Crippen LogP contribution >= 0.6 is 11.6 Å². The van der Waals surface area contributed by atoms with E-state index in [0.717, 1.165) is 0 Å². The maximum Gasteiger partial charge on any atom is 0.339 e. The molecular weight excluding hydrogens is 452 g/mol. The van der Waals surface area contributed by atoms with Crippen molar-refractivity contribution < 1.29 is 22.1 Å². The van der Waals surface area contributed by atoms with E-state index >= 15 is 0 Å². The van der Waals surface area contributed by atoms with Gasteiger partial charge in [0.25, 0.3) is 5.91 Å². The summed E-state index contributed by atoms with van der Waals surface area (Å²) in [6.45, 7) is 0. The number of methoxy groups -OCH3 is 1. The number of nitrogens with one attached hydrogen (secondary N) is 1. The number of amides is 1. The highest BCUT2D eigenvalue weighted by Gasteiger charge is 2.19. The fourth-order valence-electron chi connectivity index (χ4n) is 2.64. The molecule has 3 rings (SSSR count). The van der Waals surface area contributed by atoms with Crippen molar-refractivity contribution in [1.29, 1.82) is 5.26 Å². The van der Waals surface area contributed by atoms with E-state index < -0.39 is 16.0 Å². The van der Waals surface area contributed by atoms with Crippen molar-refractivity contribution in [3.05, 3.63) is 89.0 Å². The van der Waals surface area contributed by atoms with Gasteiger partial charge >= 0.3 is 10.1 Å². The molecule has 0 fully saturated rings. The van der Waals surface area contributed by atoms with E-state index in [0.29, 0.717) is 11.4 Å². The summed E-state index contributed by atoms with van der Waals surface area (Å²) in [7, 11) is -2.61. The van der Waals surface area contributed by atoms with E-state index in [2.05, 4.69) is 5.32 Å². The number of carbonyl (C=O) groups is 1. The third kappa shape index (κ3) is 5.66. The summed E-state index contributed by atoms with van der Waals surface area (Å²) in [5, 5.41) is 12.4. The van der Waals surface area contributed by atoms with E-state index in [1.54, 1.807) is 42.5 Å².